The van der Waals surface area contributed by atoms with E-state index in [1.165, 1.54) is 28.7 Å². The number of ether oxygens (including phenoxy) is 1. The molecule has 2 aromatic carbocycles. The average molecular weight is 535 g/mol. The van der Waals surface area contributed by atoms with E-state index in [1.54, 1.807) is 0 Å². The molecule has 9 heteroatoms. The summed E-state index contributed by atoms with van der Waals surface area (Å²) in [7, 11) is 0. The standard InChI is InChI=1S/C23H24BrN3O3S2/c1-2-30-12-11-27-19-8-7-17(24)13-20(19)32-23(27)25-21(28)14-31-15-22(29)26-10-9-16-5-3-4-6-18(16)26/h3-8,13H,2,9-12,14-15H2,1H3. The highest BCUT2D eigenvalue weighted by Crippen LogP contribution is 2.28. The van der Waals surface area contributed by atoms with E-state index in [0.717, 1.165) is 26.8 Å². The number of hydrogen-bond acceptors (Lipinski definition) is 5. The summed E-state index contributed by atoms with van der Waals surface area (Å²) in [6, 6.07) is 14.0. The van der Waals surface area contributed by atoms with Crippen LogP contribution in [-0.4, -0.2) is 47.6 Å². The van der Waals surface area contributed by atoms with Crippen LogP contribution >= 0.6 is 39.0 Å². The van der Waals surface area contributed by atoms with Gasteiger partial charge in [0.05, 0.1) is 28.3 Å². The lowest BCUT2D eigenvalue weighted by Crippen LogP contribution is -2.30. The van der Waals surface area contributed by atoms with Gasteiger partial charge in [0.15, 0.2) is 4.80 Å². The van der Waals surface area contributed by atoms with Crippen molar-refractivity contribution in [2.75, 3.05) is 36.2 Å². The van der Waals surface area contributed by atoms with Crippen molar-refractivity contribution in [1.29, 1.82) is 0 Å². The van der Waals surface area contributed by atoms with Crippen LogP contribution < -0.4 is 9.70 Å². The van der Waals surface area contributed by atoms with Gasteiger partial charge >= 0.3 is 0 Å². The topological polar surface area (TPSA) is 63.9 Å². The molecular weight excluding hydrogens is 510 g/mol. The number of anilines is 1. The second kappa shape index (κ2) is 10.8. The fourth-order valence-corrected chi connectivity index (χ4v) is 5.99. The number of thiazole rings is 1. The highest BCUT2D eigenvalue weighted by molar-refractivity contribution is 9.10. The van der Waals surface area contributed by atoms with Gasteiger partial charge in [-0.05, 0) is 43.2 Å². The number of rotatable bonds is 8. The van der Waals surface area contributed by atoms with Crippen LogP contribution in [0.3, 0.4) is 0 Å². The van der Waals surface area contributed by atoms with Gasteiger partial charge in [0.1, 0.15) is 0 Å². The van der Waals surface area contributed by atoms with E-state index in [-0.39, 0.29) is 23.3 Å². The predicted octanol–water partition coefficient (Wildman–Crippen LogP) is 4.25. The first-order valence-electron chi connectivity index (χ1n) is 10.5. The van der Waals surface area contributed by atoms with Crippen molar-refractivity contribution in [3.05, 3.63) is 57.3 Å². The number of carbonyl (C=O) groups excluding carboxylic acids is 2. The summed E-state index contributed by atoms with van der Waals surface area (Å²) in [6.07, 6.45) is 0.880. The molecule has 0 aliphatic carbocycles. The Balaban J connectivity index is 1.42. The molecule has 2 amide bonds. The number of hydrogen-bond donors (Lipinski definition) is 0. The summed E-state index contributed by atoms with van der Waals surface area (Å²) in [6.45, 7) is 4.49. The lowest BCUT2D eigenvalue weighted by Gasteiger charge is -2.16. The van der Waals surface area contributed by atoms with Gasteiger partial charge in [0.2, 0.25) is 5.91 Å². The third kappa shape index (κ3) is 5.33. The minimum atomic E-state index is -0.236. The Kier molecular flexibility index (Phi) is 7.83. The van der Waals surface area contributed by atoms with Gasteiger partial charge in [-0.1, -0.05) is 45.5 Å². The van der Waals surface area contributed by atoms with E-state index >= 15 is 0 Å². The SMILES string of the molecule is CCOCCn1c(=NC(=O)CSCC(=O)N2CCc3ccccc32)sc2cc(Br)ccc21. The van der Waals surface area contributed by atoms with Crippen LogP contribution in [0, 0.1) is 0 Å². The fraction of sp³-hybridized carbons (Fsp3) is 0.348. The van der Waals surface area contributed by atoms with E-state index in [0.29, 0.717) is 31.1 Å². The number of aromatic nitrogens is 1. The molecule has 1 aliphatic heterocycles. The molecule has 0 bridgehead atoms. The molecule has 3 aromatic rings. The Morgan fingerprint density at radius 1 is 1.22 bits per heavy atom. The van der Waals surface area contributed by atoms with Gasteiger partial charge in [-0.2, -0.15) is 4.99 Å². The molecule has 0 unspecified atom stereocenters. The summed E-state index contributed by atoms with van der Waals surface area (Å²) in [5.41, 5.74) is 3.21. The average Bonchev–Trinajstić information content (AvgIpc) is 3.35. The van der Waals surface area contributed by atoms with Crippen LogP contribution in [-0.2, 0) is 27.3 Å². The molecule has 0 atom stereocenters. The van der Waals surface area contributed by atoms with Gasteiger partial charge in [-0.25, -0.2) is 0 Å². The Bertz CT molecular complexity index is 1200. The molecule has 0 radical (unpaired) electrons. The van der Waals surface area contributed by atoms with E-state index in [4.69, 9.17) is 4.74 Å². The molecule has 4 rings (SSSR count). The van der Waals surface area contributed by atoms with Crippen molar-refractivity contribution in [2.45, 2.75) is 19.9 Å². The molecule has 0 spiro atoms. The minimum absolute atomic E-state index is 0.0336. The predicted molar refractivity (Wildman–Crippen MR) is 134 cm³/mol. The summed E-state index contributed by atoms with van der Waals surface area (Å²) in [4.78, 5) is 32.1. The zero-order valence-corrected chi connectivity index (χ0v) is 21.0. The van der Waals surface area contributed by atoms with Crippen molar-refractivity contribution in [2.24, 2.45) is 4.99 Å². The van der Waals surface area contributed by atoms with Crippen molar-refractivity contribution in [3.63, 3.8) is 0 Å². The molecule has 0 fully saturated rings. The molecule has 0 saturated carbocycles. The normalized spacial score (nSPS) is 13.7. The number of nitrogens with zero attached hydrogens (tertiary/aromatic N) is 3. The van der Waals surface area contributed by atoms with E-state index in [9.17, 15) is 9.59 Å². The monoisotopic (exact) mass is 533 g/mol. The number of amides is 2. The third-order valence-electron chi connectivity index (χ3n) is 5.17. The Morgan fingerprint density at radius 2 is 2.06 bits per heavy atom. The first-order valence-corrected chi connectivity index (χ1v) is 13.2. The molecule has 168 valence electrons. The number of halogens is 1. The van der Waals surface area contributed by atoms with Crippen LogP contribution in [0.4, 0.5) is 5.69 Å². The lowest BCUT2D eigenvalue weighted by molar-refractivity contribution is -0.116. The van der Waals surface area contributed by atoms with Crippen LogP contribution in [0.5, 0.6) is 0 Å². The maximum Gasteiger partial charge on any atom is 0.258 e. The van der Waals surface area contributed by atoms with Gasteiger partial charge in [-0.3, -0.25) is 9.59 Å². The minimum Gasteiger partial charge on any atom is -0.380 e. The number of benzene rings is 2. The van der Waals surface area contributed by atoms with Crippen LogP contribution in [0.25, 0.3) is 10.2 Å². The van der Waals surface area contributed by atoms with Crippen molar-refractivity contribution >= 4 is 66.7 Å². The number of thioether (sulfide) groups is 1. The van der Waals surface area contributed by atoms with Crippen LogP contribution in [0.15, 0.2) is 51.9 Å². The van der Waals surface area contributed by atoms with E-state index < -0.39 is 0 Å². The third-order valence-corrected chi connectivity index (χ3v) is 7.60. The Morgan fingerprint density at radius 3 is 2.91 bits per heavy atom. The van der Waals surface area contributed by atoms with Crippen molar-refractivity contribution in [3.8, 4) is 0 Å². The molecule has 2 heterocycles. The number of fused-ring (bicyclic) bond motifs is 2. The quantitative estimate of drug-likeness (QED) is 0.406. The molecule has 0 N–H and O–H groups in total. The summed E-state index contributed by atoms with van der Waals surface area (Å²) in [5, 5.41) is 0. The van der Waals surface area contributed by atoms with Gasteiger partial charge in [0.25, 0.3) is 5.91 Å². The van der Waals surface area contributed by atoms with Crippen LogP contribution in [0.1, 0.15) is 12.5 Å². The maximum absolute atomic E-state index is 12.6. The molecule has 1 aliphatic rings. The highest BCUT2D eigenvalue weighted by Gasteiger charge is 2.23. The van der Waals surface area contributed by atoms with E-state index in [2.05, 4.69) is 27.0 Å². The number of carbonyl (C=O) groups is 2. The first kappa shape index (κ1) is 23.2. The van der Waals surface area contributed by atoms with Crippen LogP contribution in [0.2, 0.25) is 0 Å². The van der Waals surface area contributed by atoms with Crippen molar-refractivity contribution < 1.29 is 14.3 Å². The van der Waals surface area contributed by atoms with Gasteiger partial charge in [0, 0.05) is 29.9 Å². The second-order valence-electron chi connectivity index (χ2n) is 7.27. The summed E-state index contributed by atoms with van der Waals surface area (Å²) < 4.78 is 9.57. The highest BCUT2D eigenvalue weighted by atomic mass is 79.9. The number of para-hydroxylation sites is 1. The fourth-order valence-electron chi connectivity index (χ4n) is 3.69. The molecule has 32 heavy (non-hydrogen) atoms. The van der Waals surface area contributed by atoms with Crippen molar-refractivity contribution in [1.82, 2.24) is 4.57 Å². The van der Waals surface area contributed by atoms with E-state index in [1.807, 2.05) is 52.8 Å². The molecule has 6 nitrogen and oxygen atoms in total. The molecule has 1 aromatic heterocycles. The Hall–Kier alpha value is -1.94. The Labute approximate surface area is 203 Å². The maximum atomic E-state index is 12.6. The lowest BCUT2D eigenvalue weighted by atomic mass is 10.2. The first-order chi connectivity index (χ1) is 15.6. The zero-order valence-electron chi connectivity index (χ0n) is 17.8. The van der Waals surface area contributed by atoms with Gasteiger partial charge in [-0.15, -0.1) is 11.8 Å². The second-order valence-corrected chi connectivity index (χ2v) is 10.2. The molecule has 0 saturated heterocycles. The smallest absolute Gasteiger partial charge is 0.258 e. The largest absolute Gasteiger partial charge is 0.380 e. The van der Waals surface area contributed by atoms with Gasteiger partial charge < -0.3 is 14.2 Å². The summed E-state index contributed by atoms with van der Waals surface area (Å²) >= 11 is 6.30. The summed E-state index contributed by atoms with van der Waals surface area (Å²) in [5.74, 6) is 0.232. The molecular formula is C23H24BrN3O3S2. The zero-order chi connectivity index (χ0) is 22.5.